The van der Waals surface area contributed by atoms with Gasteiger partial charge in [-0.1, -0.05) is 18.2 Å². The fraction of sp³-hybridized carbons (Fsp3) is 0.0714. The highest BCUT2D eigenvalue weighted by atomic mass is 19.2. The van der Waals surface area contributed by atoms with E-state index in [2.05, 4.69) is 5.32 Å². The molecule has 102 valence electrons. The second-order valence-electron chi connectivity index (χ2n) is 4.46. The molecular weight excluding hydrogens is 271 g/mol. The molecule has 20 heavy (non-hydrogen) atoms. The van der Waals surface area contributed by atoms with Crippen molar-refractivity contribution in [3.63, 3.8) is 0 Å². The minimum atomic E-state index is -2.38. The maximum atomic E-state index is 13.9. The number of nitrogens with one attached hydrogen (secondary N) is 1. The number of hydrogen-bond donors (Lipinski definition) is 2. The highest BCUT2D eigenvalue weighted by Gasteiger charge is 2.48. The van der Waals surface area contributed by atoms with E-state index in [1.807, 2.05) is 0 Å². The van der Waals surface area contributed by atoms with E-state index in [1.54, 1.807) is 0 Å². The Morgan fingerprint density at radius 3 is 2.55 bits per heavy atom. The Morgan fingerprint density at radius 1 is 1.05 bits per heavy atom. The van der Waals surface area contributed by atoms with Gasteiger partial charge in [0, 0.05) is 11.1 Å². The quantitative estimate of drug-likeness (QED) is 0.841. The molecule has 1 aliphatic heterocycles. The summed E-state index contributed by atoms with van der Waals surface area (Å²) in [6.45, 7) is 0. The number of aliphatic hydroxyl groups is 1. The lowest BCUT2D eigenvalue weighted by atomic mass is 9.87. The minimum Gasteiger partial charge on any atom is -0.372 e. The predicted octanol–water partition coefficient (Wildman–Crippen LogP) is 2.29. The summed E-state index contributed by atoms with van der Waals surface area (Å²) < 4.78 is 40.3. The number of fused-ring (bicyclic) bond motifs is 1. The van der Waals surface area contributed by atoms with E-state index in [9.17, 15) is 23.1 Å². The van der Waals surface area contributed by atoms with E-state index in [-0.39, 0.29) is 11.3 Å². The van der Waals surface area contributed by atoms with Crippen LogP contribution in [0.2, 0.25) is 0 Å². The molecule has 0 spiro atoms. The molecule has 6 heteroatoms. The fourth-order valence-corrected chi connectivity index (χ4v) is 2.32. The van der Waals surface area contributed by atoms with E-state index in [0.717, 1.165) is 30.3 Å². The average Bonchev–Trinajstić information content (AvgIpc) is 2.65. The van der Waals surface area contributed by atoms with Gasteiger partial charge in [0.05, 0.1) is 5.69 Å². The van der Waals surface area contributed by atoms with Gasteiger partial charge in [0.2, 0.25) is 0 Å². The predicted molar refractivity (Wildman–Crippen MR) is 64.4 cm³/mol. The molecule has 1 heterocycles. The van der Waals surface area contributed by atoms with Crippen LogP contribution in [0, 0.1) is 17.5 Å². The monoisotopic (exact) mass is 279 g/mol. The number of carbonyl (C=O) groups excluding carboxylic acids is 1. The van der Waals surface area contributed by atoms with E-state index in [0.29, 0.717) is 0 Å². The number of benzene rings is 2. The zero-order valence-corrected chi connectivity index (χ0v) is 9.95. The lowest BCUT2D eigenvalue weighted by Crippen LogP contribution is -2.36. The Hall–Kier alpha value is -2.34. The molecule has 1 aliphatic rings. The van der Waals surface area contributed by atoms with Gasteiger partial charge < -0.3 is 10.4 Å². The first kappa shape index (κ1) is 12.7. The normalized spacial score (nSPS) is 20.7. The van der Waals surface area contributed by atoms with Crippen LogP contribution in [0.25, 0.3) is 0 Å². The molecular formula is C14H8F3NO2. The summed E-state index contributed by atoms with van der Waals surface area (Å²) in [5.41, 5.74) is -2.88. The molecule has 3 rings (SSSR count). The van der Waals surface area contributed by atoms with E-state index < -0.39 is 34.5 Å². The summed E-state index contributed by atoms with van der Waals surface area (Å²) >= 11 is 0. The van der Waals surface area contributed by atoms with Crippen molar-refractivity contribution in [2.45, 2.75) is 5.60 Å². The summed E-state index contributed by atoms with van der Waals surface area (Å²) in [6.07, 6.45) is 0. The van der Waals surface area contributed by atoms with Crippen LogP contribution in [-0.4, -0.2) is 11.0 Å². The first-order valence-corrected chi connectivity index (χ1v) is 5.73. The molecule has 0 radical (unpaired) electrons. The molecule has 0 saturated carbocycles. The van der Waals surface area contributed by atoms with Gasteiger partial charge in [-0.15, -0.1) is 0 Å². The van der Waals surface area contributed by atoms with Gasteiger partial charge in [0.25, 0.3) is 5.91 Å². The van der Waals surface area contributed by atoms with Gasteiger partial charge in [-0.25, -0.2) is 13.2 Å². The molecule has 1 unspecified atom stereocenters. The van der Waals surface area contributed by atoms with E-state index in [4.69, 9.17) is 0 Å². The topological polar surface area (TPSA) is 49.3 Å². The molecule has 0 aliphatic carbocycles. The molecule has 1 atom stereocenters. The van der Waals surface area contributed by atoms with Crippen molar-refractivity contribution in [3.05, 3.63) is 65.0 Å². The number of anilines is 1. The molecule has 2 N–H and O–H groups in total. The van der Waals surface area contributed by atoms with Crippen molar-refractivity contribution >= 4 is 11.6 Å². The Kier molecular flexibility index (Phi) is 2.58. The number of halogens is 3. The van der Waals surface area contributed by atoms with Crippen LogP contribution in [0.1, 0.15) is 11.1 Å². The molecule has 0 saturated heterocycles. The SMILES string of the molecule is O=C1Nc2cc(F)ccc2C1(O)c1cccc(F)c1F. The summed E-state index contributed by atoms with van der Waals surface area (Å²) in [4.78, 5) is 12.0. The van der Waals surface area contributed by atoms with Crippen molar-refractivity contribution in [1.82, 2.24) is 0 Å². The zero-order valence-electron chi connectivity index (χ0n) is 9.95. The van der Waals surface area contributed by atoms with Gasteiger partial charge in [-0.05, 0) is 18.2 Å². The van der Waals surface area contributed by atoms with Crippen LogP contribution in [0.15, 0.2) is 36.4 Å². The Labute approximate surface area is 111 Å². The number of hydrogen-bond acceptors (Lipinski definition) is 2. The van der Waals surface area contributed by atoms with Crippen LogP contribution in [-0.2, 0) is 10.4 Å². The largest absolute Gasteiger partial charge is 0.372 e. The standard InChI is InChI=1S/C14H8F3NO2/c15-7-4-5-8-11(6-7)18-13(19)14(8,20)9-2-1-3-10(16)12(9)17/h1-6,20H,(H,18,19). The first-order valence-electron chi connectivity index (χ1n) is 5.73. The Bertz CT molecular complexity index is 732. The summed E-state index contributed by atoms with van der Waals surface area (Å²) in [6, 6.07) is 6.36. The third-order valence-corrected chi connectivity index (χ3v) is 3.29. The number of rotatable bonds is 1. The zero-order chi connectivity index (χ0) is 14.5. The van der Waals surface area contributed by atoms with Crippen molar-refractivity contribution in [3.8, 4) is 0 Å². The minimum absolute atomic E-state index is 0.0200. The van der Waals surface area contributed by atoms with Gasteiger partial charge >= 0.3 is 0 Å². The molecule has 0 fully saturated rings. The van der Waals surface area contributed by atoms with Crippen molar-refractivity contribution < 1.29 is 23.1 Å². The number of amides is 1. The lowest BCUT2D eigenvalue weighted by Gasteiger charge is -2.22. The van der Waals surface area contributed by atoms with Gasteiger partial charge in [0.15, 0.2) is 17.2 Å². The Morgan fingerprint density at radius 2 is 1.80 bits per heavy atom. The van der Waals surface area contributed by atoms with Crippen molar-refractivity contribution in [1.29, 1.82) is 0 Å². The van der Waals surface area contributed by atoms with Crippen LogP contribution in [0.5, 0.6) is 0 Å². The van der Waals surface area contributed by atoms with Gasteiger partial charge in [-0.2, -0.15) is 0 Å². The van der Waals surface area contributed by atoms with Gasteiger partial charge in [-0.3, -0.25) is 4.79 Å². The molecule has 0 bridgehead atoms. The third kappa shape index (κ3) is 1.55. The molecule has 2 aromatic carbocycles. The second-order valence-corrected chi connectivity index (χ2v) is 4.46. The van der Waals surface area contributed by atoms with E-state index in [1.165, 1.54) is 6.07 Å². The summed E-state index contributed by atoms with van der Waals surface area (Å²) in [5, 5.41) is 12.8. The lowest BCUT2D eigenvalue weighted by molar-refractivity contribution is -0.129. The third-order valence-electron chi connectivity index (χ3n) is 3.29. The van der Waals surface area contributed by atoms with Gasteiger partial charge in [0.1, 0.15) is 5.82 Å². The maximum absolute atomic E-state index is 13.9. The molecule has 2 aromatic rings. The molecule has 0 aromatic heterocycles. The smallest absolute Gasteiger partial charge is 0.265 e. The summed E-state index contributed by atoms with van der Waals surface area (Å²) in [7, 11) is 0. The molecule has 1 amide bonds. The highest BCUT2D eigenvalue weighted by Crippen LogP contribution is 2.42. The first-order chi connectivity index (χ1) is 9.44. The van der Waals surface area contributed by atoms with Crippen LogP contribution in [0.3, 0.4) is 0 Å². The van der Waals surface area contributed by atoms with E-state index >= 15 is 0 Å². The van der Waals surface area contributed by atoms with Crippen LogP contribution < -0.4 is 5.32 Å². The van der Waals surface area contributed by atoms with Crippen LogP contribution >= 0.6 is 0 Å². The Balaban J connectivity index is 2.27. The van der Waals surface area contributed by atoms with Crippen LogP contribution in [0.4, 0.5) is 18.9 Å². The van der Waals surface area contributed by atoms with Crippen molar-refractivity contribution in [2.24, 2.45) is 0 Å². The average molecular weight is 279 g/mol. The fourth-order valence-electron chi connectivity index (χ4n) is 2.32. The second kappa shape index (κ2) is 4.08. The highest BCUT2D eigenvalue weighted by molar-refractivity contribution is 6.07. The number of carbonyl (C=O) groups is 1. The maximum Gasteiger partial charge on any atom is 0.265 e. The summed E-state index contributed by atoms with van der Waals surface area (Å²) in [5.74, 6) is -4.07. The van der Waals surface area contributed by atoms with Crippen molar-refractivity contribution in [2.75, 3.05) is 5.32 Å². The molecule has 3 nitrogen and oxygen atoms in total.